The molecule has 152 valence electrons. The van der Waals surface area contributed by atoms with Gasteiger partial charge in [0.05, 0.1) is 5.56 Å². The minimum atomic E-state index is -6.47. The van der Waals surface area contributed by atoms with E-state index in [1.807, 2.05) is 0 Å². The standard InChI is InChI=1S/C13H10F8NOPS3/c1-2-26-24(25,27-9-4-3-8(6-22)10(14)5-9)23-7-11(15,16)12(17,18)13(19,20)21/h3-5H,2,7H2,1H3. The third-order valence-corrected chi connectivity index (χ3v) is 11.7. The second-order valence-electron chi connectivity index (χ2n) is 4.76. The van der Waals surface area contributed by atoms with Crippen molar-refractivity contribution in [3.63, 3.8) is 0 Å². The highest BCUT2D eigenvalue weighted by Gasteiger charge is 2.73. The Morgan fingerprint density at radius 2 is 1.78 bits per heavy atom. The predicted octanol–water partition coefficient (Wildman–Crippen LogP) is 6.62. The van der Waals surface area contributed by atoms with Crippen LogP contribution in [0.25, 0.3) is 0 Å². The van der Waals surface area contributed by atoms with E-state index in [2.05, 4.69) is 4.52 Å². The van der Waals surface area contributed by atoms with Crippen LogP contribution in [0.1, 0.15) is 12.5 Å². The fourth-order valence-electron chi connectivity index (χ4n) is 1.48. The first kappa shape index (κ1) is 24.5. The smallest absolute Gasteiger partial charge is 0.327 e. The minimum Gasteiger partial charge on any atom is -0.327 e. The van der Waals surface area contributed by atoms with E-state index in [-0.39, 0.29) is 16.2 Å². The molecule has 27 heavy (non-hydrogen) atoms. The monoisotopic (exact) mass is 475 g/mol. The second kappa shape index (κ2) is 8.86. The highest BCUT2D eigenvalue weighted by atomic mass is 33.2. The molecular formula is C13H10F8NOPS3. The van der Waals surface area contributed by atoms with E-state index < -0.39 is 35.1 Å². The van der Waals surface area contributed by atoms with Crippen molar-refractivity contribution in [1.82, 2.24) is 0 Å². The maximum absolute atomic E-state index is 13.6. The van der Waals surface area contributed by atoms with Crippen molar-refractivity contribution >= 4 is 39.2 Å². The van der Waals surface area contributed by atoms with Crippen LogP contribution in [-0.4, -0.2) is 30.4 Å². The van der Waals surface area contributed by atoms with Crippen LogP contribution in [0.5, 0.6) is 0 Å². The lowest BCUT2D eigenvalue weighted by molar-refractivity contribution is -0.357. The molecule has 1 atom stereocenters. The molecule has 1 unspecified atom stereocenters. The van der Waals surface area contributed by atoms with Crippen LogP contribution in [0.2, 0.25) is 0 Å². The highest BCUT2D eigenvalue weighted by molar-refractivity contribution is 8.99. The van der Waals surface area contributed by atoms with Crippen LogP contribution in [-0.2, 0) is 16.3 Å². The molecule has 0 aliphatic heterocycles. The topological polar surface area (TPSA) is 33.0 Å². The SMILES string of the molecule is CCSP(=S)(OCC(F)(F)C(F)(F)C(F)(F)F)Sc1ccc(C#N)c(F)c1. The molecule has 14 heteroatoms. The van der Waals surface area contributed by atoms with Crippen molar-refractivity contribution < 1.29 is 39.6 Å². The van der Waals surface area contributed by atoms with Crippen LogP contribution >= 0.6 is 27.4 Å². The van der Waals surface area contributed by atoms with Crippen molar-refractivity contribution in [2.75, 3.05) is 12.4 Å². The van der Waals surface area contributed by atoms with Gasteiger partial charge in [-0.15, -0.1) is 0 Å². The summed E-state index contributed by atoms with van der Waals surface area (Å²) in [5.74, 6) is -12.6. The molecule has 0 aliphatic rings. The quantitative estimate of drug-likeness (QED) is 0.312. The Balaban J connectivity index is 3.03. The Morgan fingerprint density at radius 1 is 1.19 bits per heavy atom. The number of benzene rings is 1. The Kier molecular flexibility index (Phi) is 8.04. The lowest BCUT2D eigenvalue weighted by Gasteiger charge is -2.30. The first-order chi connectivity index (χ1) is 12.2. The summed E-state index contributed by atoms with van der Waals surface area (Å²) in [4.78, 5) is 0.0571. The molecule has 1 aromatic rings. The fraction of sp³-hybridized carbons (Fsp3) is 0.462. The third-order valence-electron chi connectivity index (χ3n) is 2.78. The van der Waals surface area contributed by atoms with Crippen molar-refractivity contribution in [3.05, 3.63) is 29.6 Å². The first-order valence-corrected chi connectivity index (χ1v) is 12.5. The van der Waals surface area contributed by atoms with Gasteiger partial charge in [-0.2, -0.15) is 36.0 Å². The van der Waals surface area contributed by atoms with Crippen molar-refractivity contribution in [2.24, 2.45) is 0 Å². The van der Waals surface area contributed by atoms with Crippen LogP contribution in [0.3, 0.4) is 0 Å². The lowest BCUT2D eigenvalue weighted by atomic mass is 10.2. The average molecular weight is 475 g/mol. The third kappa shape index (κ3) is 5.97. The van der Waals surface area contributed by atoms with Crippen molar-refractivity contribution in [3.8, 4) is 6.07 Å². The number of halogens is 8. The fourth-order valence-corrected chi connectivity index (χ4v) is 9.84. The number of hydrogen-bond donors (Lipinski definition) is 0. The first-order valence-electron chi connectivity index (χ1n) is 6.80. The highest BCUT2D eigenvalue weighted by Crippen LogP contribution is 2.72. The summed E-state index contributed by atoms with van der Waals surface area (Å²) >= 11 is 6.37. The van der Waals surface area contributed by atoms with Crippen molar-refractivity contribution in [1.29, 1.82) is 5.26 Å². The largest absolute Gasteiger partial charge is 0.459 e. The summed E-state index contributed by atoms with van der Waals surface area (Å²) < 4.78 is 104. The zero-order valence-corrected chi connectivity index (χ0v) is 16.5. The van der Waals surface area contributed by atoms with Crippen LogP contribution in [0.4, 0.5) is 35.1 Å². The van der Waals surface area contributed by atoms with Gasteiger partial charge in [0.2, 0.25) is 0 Å². The summed E-state index contributed by atoms with van der Waals surface area (Å²) in [5.41, 5.74) is -0.298. The summed E-state index contributed by atoms with van der Waals surface area (Å²) in [6.45, 7) is -0.715. The number of nitriles is 1. The van der Waals surface area contributed by atoms with Gasteiger partial charge < -0.3 is 4.52 Å². The Morgan fingerprint density at radius 3 is 2.22 bits per heavy atom. The summed E-state index contributed by atoms with van der Waals surface area (Å²) in [5, 5.41) is 8.66. The summed E-state index contributed by atoms with van der Waals surface area (Å²) in [6, 6.07) is 4.74. The minimum absolute atomic E-state index is 0.0571. The Bertz CT molecular complexity index is 765. The van der Waals surface area contributed by atoms with Gasteiger partial charge in [0.15, 0.2) is 4.67 Å². The second-order valence-corrected chi connectivity index (χ2v) is 15.4. The molecule has 2 nitrogen and oxygen atoms in total. The molecule has 0 aromatic heterocycles. The van der Waals surface area contributed by atoms with Crippen LogP contribution in [0, 0.1) is 17.1 Å². The lowest BCUT2D eigenvalue weighted by Crippen LogP contribution is -2.54. The normalized spacial score (nSPS) is 15.3. The molecule has 0 amide bonds. The number of nitrogens with zero attached hydrogens (tertiary/aromatic N) is 1. The van der Waals surface area contributed by atoms with Gasteiger partial charge in [-0.05, 0) is 35.8 Å². The number of rotatable bonds is 8. The van der Waals surface area contributed by atoms with E-state index in [1.165, 1.54) is 13.0 Å². The van der Waals surface area contributed by atoms with Gasteiger partial charge in [-0.1, -0.05) is 29.7 Å². The van der Waals surface area contributed by atoms with Gasteiger partial charge in [0.1, 0.15) is 18.5 Å². The van der Waals surface area contributed by atoms with Crippen LogP contribution in [0.15, 0.2) is 23.1 Å². The maximum Gasteiger partial charge on any atom is 0.459 e. The molecule has 0 saturated heterocycles. The molecule has 0 fully saturated rings. The van der Waals surface area contributed by atoms with E-state index in [4.69, 9.17) is 17.1 Å². The van der Waals surface area contributed by atoms with Crippen LogP contribution < -0.4 is 0 Å². The molecule has 0 saturated carbocycles. The van der Waals surface area contributed by atoms with Gasteiger partial charge in [-0.25, -0.2) is 4.39 Å². The van der Waals surface area contributed by atoms with E-state index in [0.717, 1.165) is 23.5 Å². The molecule has 0 N–H and O–H groups in total. The molecule has 0 spiro atoms. The molecule has 0 radical (unpaired) electrons. The maximum atomic E-state index is 13.6. The molecule has 0 aliphatic carbocycles. The van der Waals surface area contributed by atoms with E-state index in [0.29, 0.717) is 11.4 Å². The number of hydrogen-bond acceptors (Lipinski definition) is 5. The van der Waals surface area contributed by atoms with Gasteiger partial charge in [0.25, 0.3) is 0 Å². The van der Waals surface area contributed by atoms with Crippen molar-refractivity contribution in [2.45, 2.75) is 29.8 Å². The molecule has 0 heterocycles. The Hall–Kier alpha value is -0.540. The summed E-state index contributed by atoms with van der Waals surface area (Å²) in [6.07, 6.45) is -6.47. The average Bonchev–Trinajstić information content (AvgIpc) is 2.52. The predicted molar refractivity (Wildman–Crippen MR) is 91.3 cm³/mol. The molecular weight excluding hydrogens is 465 g/mol. The zero-order chi connectivity index (χ0) is 21.1. The van der Waals surface area contributed by atoms with Gasteiger partial charge >= 0.3 is 18.0 Å². The van der Waals surface area contributed by atoms with Gasteiger partial charge in [0, 0.05) is 4.90 Å². The molecule has 1 aromatic carbocycles. The van der Waals surface area contributed by atoms with E-state index in [9.17, 15) is 35.1 Å². The summed E-state index contributed by atoms with van der Waals surface area (Å²) in [7, 11) is 0. The number of alkyl halides is 7. The Labute approximate surface area is 162 Å². The van der Waals surface area contributed by atoms with Gasteiger partial charge in [-0.3, -0.25) is 0 Å². The zero-order valence-electron chi connectivity index (χ0n) is 13.2. The van der Waals surface area contributed by atoms with E-state index in [1.54, 1.807) is 6.07 Å². The van der Waals surface area contributed by atoms with E-state index >= 15 is 0 Å². The molecule has 0 bridgehead atoms. The molecule has 1 rings (SSSR count).